The molecular weight excluding hydrogens is 292 g/mol. The third-order valence-corrected chi connectivity index (χ3v) is 3.12. The van der Waals surface area contributed by atoms with Gasteiger partial charge in [-0.05, 0) is 36.4 Å². The number of hydrogen-bond donors (Lipinski definition) is 0. The topological polar surface area (TPSA) is 69.2 Å². The van der Waals surface area contributed by atoms with E-state index in [-0.39, 0.29) is 5.88 Å². The Labute approximate surface area is 124 Å². The fourth-order valence-corrected chi connectivity index (χ4v) is 2.06. The van der Waals surface area contributed by atoms with Crippen LogP contribution in [0.15, 0.2) is 46.9 Å². The van der Waals surface area contributed by atoms with Gasteiger partial charge in [-0.15, -0.1) is 0 Å². The molecule has 104 valence electrons. The summed E-state index contributed by atoms with van der Waals surface area (Å²) in [6.07, 6.45) is 3.36. The Kier molecular flexibility index (Phi) is 3.41. The Hall–Kier alpha value is -2.66. The molecule has 0 saturated carbocycles. The van der Waals surface area contributed by atoms with E-state index in [1.54, 1.807) is 18.2 Å². The largest absolute Gasteiger partial charge is 0.433 e. The van der Waals surface area contributed by atoms with Gasteiger partial charge in [0.15, 0.2) is 0 Å². The lowest BCUT2D eigenvalue weighted by atomic mass is 10.2. The third-order valence-electron chi connectivity index (χ3n) is 2.89. The molecule has 0 N–H and O–H groups in total. The molecule has 3 rings (SSSR count). The van der Waals surface area contributed by atoms with Crippen LogP contribution in [0.5, 0.6) is 0 Å². The summed E-state index contributed by atoms with van der Waals surface area (Å²) in [6, 6.07) is 12.1. The van der Waals surface area contributed by atoms with Crippen molar-refractivity contribution in [1.29, 1.82) is 0 Å². The van der Waals surface area contributed by atoms with Crippen LogP contribution in [0.3, 0.4) is 0 Å². The maximum atomic E-state index is 10.5. The highest BCUT2D eigenvalue weighted by molar-refractivity contribution is 6.31. The molecule has 2 aromatic heterocycles. The first kappa shape index (κ1) is 13.3. The number of fused-ring (bicyclic) bond motifs is 1. The zero-order chi connectivity index (χ0) is 14.8. The standard InChI is InChI=1S/C15H9ClN2O3/c16-11-3-1-10-2-4-12(17-14(10)9-11)5-6-13-7-8-15(21-13)18(19)20/h1-9H/b6-5+. The van der Waals surface area contributed by atoms with Gasteiger partial charge < -0.3 is 4.42 Å². The van der Waals surface area contributed by atoms with Crippen LogP contribution in [0.2, 0.25) is 5.02 Å². The van der Waals surface area contributed by atoms with E-state index in [1.807, 2.05) is 24.3 Å². The summed E-state index contributed by atoms with van der Waals surface area (Å²) in [7, 11) is 0. The maximum absolute atomic E-state index is 10.5. The number of benzene rings is 1. The van der Waals surface area contributed by atoms with Gasteiger partial charge in [0, 0.05) is 10.4 Å². The van der Waals surface area contributed by atoms with Gasteiger partial charge in [0.2, 0.25) is 0 Å². The zero-order valence-electron chi connectivity index (χ0n) is 10.7. The van der Waals surface area contributed by atoms with E-state index < -0.39 is 4.92 Å². The Morgan fingerprint density at radius 3 is 2.71 bits per heavy atom. The molecule has 5 nitrogen and oxygen atoms in total. The molecule has 0 spiro atoms. The number of aromatic nitrogens is 1. The highest BCUT2D eigenvalue weighted by Gasteiger charge is 2.09. The minimum absolute atomic E-state index is 0.284. The fourth-order valence-electron chi connectivity index (χ4n) is 1.90. The maximum Gasteiger partial charge on any atom is 0.433 e. The van der Waals surface area contributed by atoms with E-state index in [2.05, 4.69) is 4.98 Å². The minimum atomic E-state index is -0.576. The molecule has 2 heterocycles. The molecule has 0 aliphatic rings. The Balaban J connectivity index is 1.89. The quantitative estimate of drug-likeness (QED) is 0.525. The monoisotopic (exact) mass is 300 g/mol. The summed E-state index contributed by atoms with van der Waals surface area (Å²) >= 11 is 5.94. The second kappa shape index (κ2) is 5.38. The van der Waals surface area contributed by atoms with Crippen LogP contribution in [-0.2, 0) is 0 Å². The van der Waals surface area contributed by atoms with Crippen LogP contribution in [0.4, 0.5) is 5.88 Å². The van der Waals surface area contributed by atoms with Gasteiger partial charge in [0.05, 0.1) is 17.3 Å². The number of pyridine rings is 1. The second-order valence-corrected chi connectivity index (χ2v) is 4.78. The zero-order valence-corrected chi connectivity index (χ0v) is 11.4. The summed E-state index contributed by atoms with van der Waals surface area (Å²) in [4.78, 5) is 14.4. The predicted octanol–water partition coefficient (Wildman–Crippen LogP) is 4.56. The lowest BCUT2D eigenvalue weighted by Crippen LogP contribution is -1.83. The molecule has 0 radical (unpaired) electrons. The molecular formula is C15H9ClN2O3. The first-order valence-electron chi connectivity index (χ1n) is 6.10. The normalized spacial score (nSPS) is 11.3. The fraction of sp³-hybridized carbons (Fsp3) is 0. The Morgan fingerprint density at radius 2 is 1.95 bits per heavy atom. The van der Waals surface area contributed by atoms with Gasteiger partial charge in [-0.25, -0.2) is 4.98 Å². The number of rotatable bonds is 3. The minimum Gasteiger partial charge on any atom is -0.401 e. The first-order chi connectivity index (χ1) is 10.1. The van der Waals surface area contributed by atoms with Crippen LogP contribution in [0.25, 0.3) is 23.1 Å². The molecule has 1 aromatic carbocycles. The summed E-state index contributed by atoms with van der Waals surface area (Å²) in [6.45, 7) is 0. The van der Waals surface area contributed by atoms with Crippen molar-refractivity contribution < 1.29 is 9.34 Å². The number of furan rings is 1. The van der Waals surface area contributed by atoms with Crippen molar-refractivity contribution in [1.82, 2.24) is 4.98 Å². The van der Waals surface area contributed by atoms with Crippen LogP contribution in [-0.4, -0.2) is 9.91 Å². The van der Waals surface area contributed by atoms with Crippen molar-refractivity contribution in [3.8, 4) is 0 Å². The van der Waals surface area contributed by atoms with E-state index in [4.69, 9.17) is 16.0 Å². The van der Waals surface area contributed by atoms with Gasteiger partial charge in [-0.1, -0.05) is 23.7 Å². The molecule has 0 unspecified atom stereocenters. The number of nitro groups is 1. The Morgan fingerprint density at radius 1 is 1.14 bits per heavy atom. The molecule has 0 aliphatic carbocycles. The predicted molar refractivity (Wildman–Crippen MR) is 81.0 cm³/mol. The third kappa shape index (κ3) is 2.93. The molecule has 0 atom stereocenters. The number of halogens is 1. The highest BCUT2D eigenvalue weighted by Crippen LogP contribution is 2.20. The SMILES string of the molecule is O=[N+]([O-])c1ccc(/C=C/c2ccc3ccc(Cl)cc3n2)o1. The Bertz CT molecular complexity index is 855. The summed E-state index contributed by atoms with van der Waals surface area (Å²) in [5.74, 6) is 0.114. The van der Waals surface area contributed by atoms with Crippen molar-refractivity contribution >= 4 is 40.5 Å². The lowest BCUT2D eigenvalue weighted by Gasteiger charge is -1.99. The highest BCUT2D eigenvalue weighted by atomic mass is 35.5. The van der Waals surface area contributed by atoms with Crippen molar-refractivity contribution in [2.24, 2.45) is 0 Å². The van der Waals surface area contributed by atoms with Crippen LogP contribution >= 0.6 is 11.6 Å². The van der Waals surface area contributed by atoms with Crippen LogP contribution < -0.4 is 0 Å². The van der Waals surface area contributed by atoms with E-state index in [0.717, 1.165) is 10.9 Å². The second-order valence-electron chi connectivity index (χ2n) is 4.34. The lowest BCUT2D eigenvalue weighted by molar-refractivity contribution is -0.402. The van der Waals surface area contributed by atoms with E-state index in [0.29, 0.717) is 16.5 Å². The average molecular weight is 301 g/mol. The molecule has 21 heavy (non-hydrogen) atoms. The summed E-state index contributed by atoms with van der Waals surface area (Å²) in [5.41, 5.74) is 1.50. The van der Waals surface area contributed by atoms with Crippen molar-refractivity contribution in [2.75, 3.05) is 0 Å². The molecule has 0 bridgehead atoms. The summed E-state index contributed by atoms with van der Waals surface area (Å²) in [5, 5.41) is 12.1. The van der Waals surface area contributed by atoms with Gasteiger partial charge in [0.1, 0.15) is 10.7 Å². The van der Waals surface area contributed by atoms with Crippen molar-refractivity contribution in [3.05, 3.63) is 69.1 Å². The van der Waals surface area contributed by atoms with Crippen molar-refractivity contribution in [2.45, 2.75) is 0 Å². The van der Waals surface area contributed by atoms with Crippen LogP contribution in [0.1, 0.15) is 11.5 Å². The van der Waals surface area contributed by atoms with E-state index in [1.165, 1.54) is 12.1 Å². The van der Waals surface area contributed by atoms with E-state index >= 15 is 0 Å². The smallest absolute Gasteiger partial charge is 0.401 e. The molecule has 0 saturated heterocycles. The van der Waals surface area contributed by atoms with E-state index in [9.17, 15) is 10.1 Å². The number of hydrogen-bond acceptors (Lipinski definition) is 4. The molecule has 0 amide bonds. The number of nitrogens with zero attached hydrogens (tertiary/aromatic N) is 2. The molecule has 0 fully saturated rings. The van der Waals surface area contributed by atoms with Crippen molar-refractivity contribution in [3.63, 3.8) is 0 Å². The molecule has 6 heteroatoms. The average Bonchev–Trinajstić information content (AvgIpc) is 2.93. The van der Waals surface area contributed by atoms with Crippen LogP contribution in [0, 0.1) is 10.1 Å². The molecule has 0 aliphatic heterocycles. The van der Waals surface area contributed by atoms with Gasteiger partial charge in [0.25, 0.3) is 0 Å². The van der Waals surface area contributed by atoms with Gasteiger partial charge in [-0.2, -0.15) is 0 Å². The summed E-state index contributed by atoms with van der Waals surface area (Å²) < 4.78 is 5.04. The van der Waals surface area contributed by atoms with Gasteiger partial charge in [-0.3, -0.25) is 10.1 Å². The van der Waals surface area contributed by atoms with Gasteiger partial charge >= 0.3 is 5.88 Å². The first-order valence-corrected chi connectivity index (χ1v) is 6.48. The molecule has 3 aromatic rings.